The van der Waals surface area contributed by atoms with Gasteiger partial charge in [0.2, 0.25) is 5.06 Å². The van der Waals surface area contributed by atoms with Crippen LogP contribution < -0.4 is 10.5 Å². The van der Waals surface area contributed by atoms with Crippen molar-refractivity contribution in [3.63, 3.8) is 0 Å². The molecule has 0 aromatic carbocycles. The lowest BCUT2D eigenvalue weighted by Gasteiger charge is -2.03. The molecule has 0 bridgehead atoms. The van der Waals surface area contributed by atoms with E-state index >= 15 is 0 Å². The molecule has 0 aliphatic heterocycles. The first-order valence-corrected chi connectivity index (χ1v) is 5.43. The molecule has 88 valence electrons. The van der Waals surface area contributed by atoms with Crippen molar-refractivity contribution in [2.24, 2.45) is 0 Å². The summed E-state index contributed by atoms with van der Waals surface area (Å²) in [6, 6.07) is 1.54. The molecule has 2 N–H and O–H groups in total. The van der Waals surface area contributed by atoms with Crippen LogP contribution in [-0.2, 0) is 4.74 Å². The number of nitrogen functional groups attached to an aromatic ring is 1. The number of pyridine rings is 1. The first kappa shape index (κ1) is 11.3. The molecule has 0 unspecified atom stereocenters. The molecule has 0 saturated carbocycles. The number of hydrogen-bond donors (Lipinski definition) is 1. The minimum atomic E-state index is -0.466. The SMILES string of the molecule is COC(=O)c1cncc(Oc2cnc(N)s2)c1. The first-order chi connectivity index (χ1) is 8.19. The number of nitrogens with zero attached hydrogens (tertiary/aromatic N) is 2. The van der Waals surface area contributed by atoms with E-state index in [1.807, 2.05) is 0 Å². The molecule has 0 atom stereocenters. The maximum absolute atomic E-state index is 11.3. The molecule has 0 spiro atoms. The number of rotatable bonds is 3. The summed E-state index contributed by atoms with van der Waals surface area (Å²) in [5.74, 6) is -0.0386. The minimum absolute atomic E-state index is 0.322. The highest BCUT2D eigenvalue weighted by atomic mass is 32.1. The molecular formula is C10H9N3O3S. The van der Waals surface area contributed by atoms with Crippen molar-refractivity contribution in [1.29, 1.82) is 0 Å². The third-order valence-electron chi connectivity index (χ3n) is 1.86. The highest BCUT2D eigenvalue weighted by Gasteiger charge is 2.08. The van der Waals surface area contributed by atoms with Crippen LogP contribution in [0.15, 0.2) is 24.7 Å². The zero-order valence-corrected chi connectivity index (χ0v) is 9.73. The van der Waals surface area contributed by atoms with Crippen LogP contribution in [0.1, 0.15) is 10.4 Å². The summed E-state index contributed by atoms with van der Waals surface area (Å²) in [6.45, 7) is 0. The van der Waals surface area contributed by atoms with Crippen molar-refractivity contribution in [1.82, 2.24) is 9.97 Å². The summed E-state index contributed by atoms with van der Waals surface area (Å²) in [4.78, 5) is 19.0. The third-order valence-corrected chi connectivity index (χ3v) is 2.56. The second-order valence-corrected chi connectivity index (χ2v) is 4.05. The quantitative estimate of drug-likeness (QED) is 0.835. The molecule has 2 heterocycles. The van der Waals surface area contributed by atoms with Gasteiger partial charge in [0.1, 0.15) is 5.75 Å². The Bertz CT molecular complexity index is 541. The summed E-state index contributed by atoms with van der Waals surface area (Å²) in [6.07, 6.45) is 4.40. The third kappa shape index (κ3) is 2.70. The normalized spacial score (nSPS) is 9.94. The van der Waals surface area contributed by atoms with Crippen LogP contribution in [0.25, 0.3) is 0 Å². The van der Waals surface area contributed by atoms with Crippen LogP contribution >= 0.6 is 11.3 Å². The fourth-order valence-electron chi connectivity index (χ4n) is 1.14. The van der Waals surface area contributed by atoms with Crippen LogP contribution in [0.3, 0.4) is 0 Å². The number of methoxy groups -OCH3 is 1. The van der Waals surface area contributed by atoms with Gasteiger partial charge in [-0.3, -0.25) is 4.98 Å². The molecule has 2 aromatic rings. The molecule has 2 aromatic heterocycles. The van der Waals surface area contributed by atoms with Crippen molar-refractivity contribution < 1.29 is 14.3 Å². The molecule has 0 aliphatic rings. The second kappa shape index (κ2) is 4.79. The Hall–Kier alpha value is -2.15. The monoisotopic (exact) mass is 251 g/mol. The van der Waals surface area contributed by atoms with Crippen molar-refractivity contribution in [3.8, 4) is 10.8 Å². The number of thiazole rings is 1. The Kier molecular flexibility index (Phi) is 3.20. The zero-order valence-electron chi connectivity index (χ0n) is 8.91. The van der Waals surface area contributed by atoms with Gasteiger partial charge < -0.3 is 15.2 Å². The van der Waals surface area contributed by atoms with Gasteiger partial charge in [-0.2, -0.15) is 0 Å². The van der Waals surface area contributed by atoms with E-state index in [0.29, 0.717) is 21.5 Å². The molecule has 0 fully saturated rings. The smallest absolute Gasteiger partial charge is 0.339 e. The topological polar surface area (TPSA) is 87.3 Å². The van der Waals surface area contributed by atoms with E-state index in [1.54, 1.807) is 0 Å². The molecule has 2 rings (SSSR count). The second-order valence-electron chi connectivity index (χ2n) is 3.02. The number of carbonyl (C=O) groups is 1. The van der Waals surface area contributed by atoms with E-state index in [0.717, 1.165) is 0 Å². The van der Waals surface area contributed by atoms with Gasteiger partial charge in [0.05, 0.1) is 25.1 Å². The van der Waals surface area contributed by atoms with E-state index in [9.17, 15) is 4.79 Å². The predicted octanol–water partition coefficient (Wildman–Crippen LogP) is 1.70. The van der Waals surface area contributed by atoms with E-state index in [2.05, 4.69) is 14.7 Å². The fraction of sp³-hybridized carbons (Fsp3) is 0.100. The Balaban J connectivity index is 2.19. The lowest BCUT2D eigenvalue weighted by atomic mass is 10.3. The number of carbonyl (C=O) groups excluding carboxylic acids is 1. The van der Waals surface area contributed by atoms with Gasteiger partial charge in [0.25, 0.3) is 0 Å². The van der Waals surface area contributed by atoms with Crippen LogP contribution in [0.4, 0.5) is 5.13 Å². The molecular weight excluding hydrogens is 242 g/mol. The maximum Gasteiger partial charge on any atom is 0.339 e. The predicted molar refractivity (Wildman–Crippen MR) is 62.2 cm³/mol. The summed E-state index contributed by atoms with van der Waals surface area (Å²) in [5, 5.41) is 0.948. The van der Waals surface area contributed by atoms with Crippen LogP contribution in [0.5, 0.6) is 10.8 Å². The highest BCUT2D eigenvalue weighted by Crippen LogP contribution is 2.28. The number of ether oxygens (including phenoxy) is 2. The Morgan fingerprint density at radius 2 is 2.24 bits per heavy atom. The average molecular weight is 251 g/mol. The van der Waals surface area contributed by atoms with Crippen molar-refractivity contribution >= 4 is 22.4 Å². The molecule has 0 saturated heterocycles. The molecule has 17 heavy (non-hydrogen) atoms. The van der Waals surface area contributed by atoms with Crippen LogP contribution in [0, 0.1) is 0 Å². The van der Waals surface area contributed by atoms with Gasteiger partial charge in [-0.1, -0.05) is 11.3 Å². The van der Waals surface area contributed by atoms with Crippen molar-refractivity contribution in [2.75, 3.05) is 12.8 Å². The lowest BCUT2D eigenvalue weighted by Crippen LogP contribution is -2.01. The molecule has 0 amide bonds. The average Bonchev–Trinajstić information content (AvgIpc) is 2.74. The number of nitrogens with two attached hydrogens (primary N) is 1. The van der Waals surface area contributed by atoms with Gasteiger partial charge in [-0.25, -0.2) is 9.78 Å². The molecule has 7 heteroatoms. The summed E-state index contributed by atoms with van der Waals surface area (Å²) in [7, 11) is 1.31. The van der Waals surface area contributed by atoms with Crippen molar-refractivity contribution in [3.05, 3.63) is 30.2 Å². The van der Waals surface area contributed by atoms with Crippen LogP contribution in [0.2, 0.25) is 0 Å². The van der Waals surface area contributed by atoms with E-state index < -0.39 is 5.97 Å². The van der Waals surface area contributed by atoms with Gasteiger partial charge in [0.15, 0.2) is 5.13 Å². The summed E-state index contributed by atoms with van der Waals surface area (Å²) >= 11 is 1.20. The molecule has 0 radical (unpaired) electrons. The number of aromatic nitrogens is 2. The first-order valence-electron chi connectivity index (χ1n) is 4.61. The van der Waals surface area contributed by atoms with E-state index in [-0.39, 0.29) is 0 Å². The zero-order chi connectivity index (χ0) is 12.3. The minimum Gasteiger partial charge on any atom is -0.465 e. The fourth-order valence-corrected chi connectivity index (χ4v) is 1.69. The van der Waals surface area contributed by atoms with Crippen LogP contribution in [-0.4, -0.2) is 23.0 Å². The summed E-state index contributed by atoms with van der Waals surface area (Å²) in [5.41, 5.74) is 5.79. The molecule has 6 nitrogen and oxygen atoms in total. The van der Waals surface area contributed by atoms with Crippen molar-refractivity contribution in [2.45, 2.75) is 0 Å². The highest BCUT2D eigenvalue weighted by molar-refractivity contribution is 7.17. The largest absolute Gasteiger partial charge is 0.465 e. The Morgan fingerprint density at radius 1 is 1.41 bits per heavy atom. The maximum atomic E-state index is 11.3. The van der Waals surface area contributed by atoms with Gasteiger partial charge >= 0.3 is 5.97 Å². The summed E-state index contributed by atoms with van der Waals surface area (Å²) < 4.78 is 10.0. The standard InChI is InChI=1S/C10H9N3O3S/c1-15-9(14)6-2-7(4-12-3-6)16-8-5-13-10(11)17-8/h2-5H,1H3,(H2,11,13). The van der Waals surface area contributed by atoms with Gasteiger partial charge in [-0.05, 0) is 6.07 Å². The van der Waals surface area contributed by atoms with Gasteiger partial charge in [-0.15, -0.1) is 0 Å². The van der Waals surface area contributed by atoms with E-state index in [1.165, 1.54) is 43.1 Å². The van der Waals surface area contributed by atoms with Gasteiger partial charge in [0, 0.05) is 6.20 Å². The Labute approximate surface area is 101 Å². The lowest BCUT2D eigenvalue weighted by molar-refractivity contribution is 0.0600. The molecule has 0 aliphatic carbocycles. The van der Waals surface area contributed by atoms with E-state index in [4.69, 9.17) is 10.5 Å². The number of hydrogen-bond acceptors (Lipinski definition) is 7. The Morgan fingerprint density at radius 3 is 2.88 bits per heavy atom. The number of esters is 1. The number of anilines is 1.